The van der Waals surface area contributed by atoms with Crippen molar-refractivity contribution in [2.45, 2.75) is 18.5 Å². The maximum Gasteiger partial charge on any atom is 0.231 e. The van der Waals surface area contributed by atoms with Crippen LogP contribution in [0.1, 0.15) is 11.5 Å². The first-order chi connectivity index (χ1) is 14.8. The molecule has 11 nitrogen and oxygen atoms in total. The van der Waals surface area contributed by atoms with Crippen molar-refractivity contribution in [3.05, 3.63) is 56.7 Å². The molecule has 1 saturated heterocycles. The molecular weight excluding hydrogens is 444 g/mol. The van der Waals surface area contributed by atoms with E-state index in [1.54, 1.807) is 18.8 Å². The summed E-state index contributed by atoms with van der Waals surface area (Å²) in [6, 6.07) is 4.00. The van der Waals surface area contributed by atoms with Crippen LogP contribution in [-0.4, -0.2) is 79.1 Å². The second-order valence-electron chi connectivity index (χ2n) is 6.49. The van der Waals surface area contributed by atoms with Gasteiger partial charge in [-0.2, -0.15) is 11.8 Å². The van der Waals surface area contributed by atoms with E-state index in [0.29, 0.717) is 6.20 Å². The molecule has 31 heavy (non-hydrogen) atoms. The third kappa shape index (κ3) is 18.8. The van der Waals surface area contributed by atoms with Crippen LogP contribution in [0, 0.1) is 20.2 Å². The Balaban J connectivity index is 0.000000734. The highest BCUT2D eigenvalue weighted by Gasteiger charge is 2.11. The first-order valence-electron chi connectivity index (χ1n) is 9.65. The van der Waals surface area contributed by atoms with Crippen molar-refractivity contribution in [3.63, 3.8) is 0 Å². The molecule has 1 aromatic heterocycles. The standard InChI is InChI=1S/C13H24N4O3S.C3H7NS.C2H3NO2/c1-14-13(9-17(18)19)15-6-7-21-10-12-5-4-11(20-12)8-16(2)3;1-2-5-3-4-1;1-2-3(4)5/h4-5,13-15H,6-10H2,1-3H3;4H,1-3H2;2H,1H2. The van der Waals surface area contributed by atoms with E-state index < -0.39 is 4.92 Å². The second kappa shape index (κ2) is 19.1. The Kier molecular flexibility index (Phi) is 18.1. The van der Waals surface area contributed by atoms with Crippen LogP contribution in [0.25, 0.3) is 0 Å². The molecule has 0 radical (unpaired) electrons. The Hall–Kier alpha value is -1.64. The highest BCUT2D eigenvalue weighted by molar-refractivity contribution is 7.99. The van der Waals surface area contributed by atoms with Gasteiger partial charge in [0.1, 0.15) is 17.7 Å². The Morgan fingerprint density at radius 3 is 2.52 bits per heavy atom. The SMILES string of the molecule is C1CSCN1.C=C[N+](=O)[O-].CNC(C[N+](=O)[O-])NCCSCc1ccc(CN(C)C)o1. The lowest BCUT2D eigenvalue weighted by Gasteiger charge is -2.13. The number of furan rings is 1. The van der Waals surface area contributed by atoms with Gasteiger partial charge in [0.25, 0.3) is 0 Å². The molecule has 0 spiro atoms. The van der Waals surface area contributed by atoms with Crippen molar-refractivity contribution in [1.29, 1.82) is 0 Å². The summed E-state index contributed by atoms with van der Waals surface area (Å²) < 4.78 is 5.71. The van der Waals surface area contributed by atoms with Crippen LogP contribution in [0.4, 0.5) is 0 Å². The molecule has 1 fully saturated rings. The molecule has 2 rings (SSSR count). The minimum atomic E-state index is -0.611. The fourth-order valence-electron chi connectivity index (χ4n) is 2.14. The van der Waals surface area contributed by atoms with Crippen molar-refractivity contribution in [3.8, 4) is 0 Å². The Morgan fingerprint density at radius 1 is 1.39 bits per heavy atom. The van der Waals surface area contributed by atoms with Gasteiger partial charge in [0.2, 0.25) is 12.7 Å². The summed E-state index contributed by atoms with van der Waals surface area (Å²) in [6.45, 7) is 5.48. The van der Waals surface area contributed by atoms with E-state index in [-0.39, 0.29) is 17.6 Å². The molecule has 1 unspecified atom stereocenters. The van der Waals surface area contributed by atoms with Crippen LogP contribution in [-0.2, 0) is 12.3 Å². The molecular formula is C18H34N6O5S2. The fourth-order valence-corrected chi connectivity index (χ4v) is 3.63. The molecule has 3 N–H and O–H groups in total. The van der Waals surface area contributed by atoms with Gasteiger partial charge in [-0.15, -0.1) is 11.8 Å². The number of nitro groups is 2. The lowest BCUT2D eigenvalue weighted by Crippen LogP contribution is -2.46. The maximum absolute atomic E-state index is 10.4. The predicted molar refractivity (Wildman–Crippen MR) is 127 cm³/mol. The summed E-state index contributed by atoms with van der Waals surface area (Å²) in [5.74, 6) is 6.09. The zero-order valence-electron chi connectivity index (χ0n) is 18.4. The first-order valence-corrected chi connectivity index (χ1v) is 12.0. The Bertz CT molecular complexity index is 621. The van der Waals surface area contributed by atoms with Crippen molar-refractivity contribution in [2.75, 3.05) is 58.2 Å². The highest BCUT2D eigenvalue weighted by Crippen LogP contribution is 2.15. The molecule has 1 aliphatic heterocycles. The van der Waals surface area contributed by atoms with Crippen molar-refractivity contribution < 1.29 is 14.3 Å². The largest absolute Gasteiger partial charge is 0.464 e. The molecule has 1 atom stereocenters. The Labute approximate surface area is 192 Å². The lowest BCUT2D eigenvalue weighted by atomic mass is 10.4. The summed E-state index contributed by atoms with van der Waals surface area (Å²) in [5, 5.41) is 28.7. The van der Waals surface area contributed by atoms with Crippen LogP contribution < -0.4 is 16.0 Å². The smallest absolute Gasteiger partial charge is 0.231 e. The summed E-state index contributed by atoms with van der Waals surface area (Å²) in [6.07, 6.45) is 0.357. The summed E-state index contributed by atoms with van der Waals surface area (Å²) in [4.78, 5) is 20.6. The van der Waals surface area contributed by atoms with E-state index >= 15 is 0 Å². The zero-order chi connectivity index (χ0) is 23.5. The van der Waals surface area contributed by atoms with Crippen LogP contribution in [0.2, 0.25) is 0 Å². The normalized spacial score (nSPS) is 13.5. The molecule has 2 heterocycles. The van der Waals surface area contributed by atoms with Crippen molar-refractivity contribution in [1.82, 2.24) is 20.9 Å². The average Bonchev–Trinajstić information content (AvgIpc) is 3.42. The molecule has 1 aliphatic rings. The predicted octanol–water partition coefficient (Wildman–Crippen LogP) is 1.67. The number of hydrogen-bond acceptors (Lipinski definition) is 11. The van der Waals surface area contributed by atoms with Gasteiger partial charge >= 0.3 is 0 Å². The highest BCUT2D eigenvalue weighted by atomic mass is 32.2. The van der Waals surface area contributed by atoms with Gasteiger partial charge in [-0.05, 0) is 39.9 Å². The quantitative estimate of drug-likeness (QED) is 0.175. The second-order valence-corrected chi connectivity index (χ2v) is 8.70. The number of hydrogen-bond donors (Lipinski definition) is 3. The van der Waals surface area contributed by atoms with E-state index in [0.717, 1.165) is 36.1 Å². The third-order valence-electron chi connectivity index (χ3n) is 3.53. The fraction of sp³-hybridized carbons (Fsp3) is 0.667. The molecule has 13 heteroatoms. The average molecular weight is 479 g/mol. The first kappa shape index (κ1) is 29.4. The van der Waals surface area contributed by atoms with Crippen LogP contribution in [0.5, 0.6) is 0 Å². The van der Waals surface area contributed by atoms with Gasteiger partial charge in [-0.25, -0.2) is 0 Å². The van der Waals surface area contributed by atoms with E-state index in [9.17, 15) is 10.1 Å². The van der Waals surface area contributed by atoms with Crippen molar-refractivity contribution in [2.24, 2.45) is 0 Å². The number of rotatable bonds is 12. The van der Waals surface area contributed by atoms with Gasteiger partial charge in [-0.1, -0.05) is 0 Å². The van der Waals surface area contributed by atoms with E-state index in [4.69, 9.17) is 14.5 Å². The minimum absolute atomic E-state index is 0.118. The third-order valence-corrected chi connectivity index (χ3v) is 5.41. The van der Waals surface area contributed by atoms with E-state index in [2.05, 4.69) is 27.4 Å². The summed E-state index contributed by atoms with van der Waals surface area (Å²) in [5.41, 5.74) is 0. The van der Waals surface area contributed by atoms with Gasteiger partial charge in [-0.3, -0.25) is 30.9 Å². The number of likely N-dealkylation sites (N-methyl/N-ethyl adjacent to an activating group) is 1. The number of thioether (sulfide) groups is 2. The van der Waals surface area contributed by atoms with Crippen LogP contribution in [0.15, 0.2) is 29.3 Å². The van der Waals surface area contributed by atoms with Gasteiger partial charge < -0.3 is 14.6 Å². The minimum Gasteiger partial charge on any atom is -0.464 e. The monoisotopic (exact) mass is 478 g/mol. The van der Waals surface area contributed by atoms with Gasteiger partial charge in [0.15, 0.2) is 0 Å². The van der Waals surface area contributed by atoms with Crippen LogP contribution in [0.3, 0.4) is 0 Å². The molecule has 0 amide bonds. The lowest BCUT2D eigenvalue weighted by molar-refractivity contribution is -0.484. The van der Waals surface area contributed by atoms with E-state index in [1.165, 1.54) is 18.2 Å². The molecule has 0 aromatic carbocycles. The molecule has 0 saturated carbocycles. The topological polar surface area (TPSA) is 139 Å². The molecule has 178 valence electrons. The van der Waals surface area contributed by atoms with Crippen molar-refractivity contribution >= 4 is 23.5 Å². The number of nitrogens with one attached hydrogen (secondary N) is 3. The summed E-state index contributed by atoms with van der Waals surface area (Å²) in [7, 11) is 5.72. The maximum atomic E-state index is 10.4. The zero-order valence-corrected chi connectivity index (χ0v) is 20.0. The molecule has 1 aromatic rings. The number of nitrogens with zero attached hydrogens (tertiary/aromatic N) is 3. The van der Waals surface area contributed by atoms with Gasteiger partial charge in [0.05, 0.1) is 17.2 Å². The Morgan fingerprint density at radius 2 is 2.06 bits per heavy atom. The van der Waals surface area contributed by atoms with Gasteiger partial charge in [0, 0.05) is 35.4 Å². The summed E-state index contributed by atoms with van der Waals surface area (Å²) >= 11 is 3.71. The van der Waals surface area contributed by atoms with E-state index in [1.807, 2.05) is 38.0 Å². The molecule has 0 aliphatic carbocycles. The van der Waals surface area contributed by atoms with Crippen LogP contribution >= 0.6 is 23.5 Å². The molecule has 0 bridgehead atoms.